The summed E-state index contributed by atoms with van der Waals surface area (Å²) < 4.78 is 0. The van der Waals surface area contributed by atoms with Gasteiger partial charge in [-0.1, -0.05) is 92.2 Å². The van der Waals surface area contributed by atoms with Crippen molar-refractivity contribution in [2.75, 3.05) is 7.05 Å². The van der Waals surface area contributed by atoms with E-state index in [1.807, 2.05) is 13.8 Å². The van der Waals surface area contributed by atoms with Crippen LogP contribution >= 0.6 is 0 Å². The monoisotopic (exact) mass is 401 g/mol. The van der Waals surface area contributed by atoms with Crippen molar-refractivity contribution >= 4 is 0 Å². The molecule has 2 nitrogen and oxygen atoms in total. The van der Waals surface area contributed by atoms with Crippen LogP contribution in [-0.4, -0.2) is 17.1 Å². The van der Waals surface area contributed by atoms with Crippen molar-refractivity contribution in [2.45, 2.75) is 58.7 Å². The third-order valence-electron chi connectivity index (χ3n) is 5.92. The molecule has 30 heavy (non-hydrogen) atoms. The Kier molecular flexibility index (Phi) is 6.50. The third kappa shape index (κ3) is 5.38. The molecule has 0 aliphatic carbocycles. The molecule has 3 aromatic carbocycles. The van der Waals surface area contributed by atoms with E-state index in [1.54, 1.807) is 0 Å². The van der Waals surface area contributed by atoms with Gasteiger partial charge < -0.3 is 5.11 Å². The van der Waals surface area contributed by atoms with Gasteiger partial charge >= 0.3 is 0 Å². The largest absolute Gasteiger partial charge is 0.386 e. The van der Waals surface area contributed by atoms with Crippen molar-refractivity contribution in [1.29, 1.82) is 0 Å². The van der Waals surface area contributed by atoms with Gasteiger partial charge in [0.05, 0.1) is 5.60 Å². The van der Waals surface area contributed by atoms with Crippen molar-refractivity contribution in [3.05, 3.63) is 106 Å². The average molecular weight is 402 g/mol. The maximum atomic E-state index is 10.4. The highest BCUT2D eigenvalue weighted by molar-refractivity contribution is 5.38. The highest BCUT2D eigenvalue weighted by Gasteiger charge is 2.22. The van der Waals surface area contributed by atoms with Gasteiger partial charge in [-0.2, -0.15) is 0 Å². The predicted molar refractivity (Wildman–Crippen MR) is 127 cm³/mol. The smallest absolute Gasteiger partial charge is 0.0840 e. The summed E-state index contributed by atoms with van der Waals surface area (Å²) in [5, 5.41) is 10.4. The summed E-state index contributed by atoms with van der Waals surface area (Å²) in [4.78, 5) is 2.32. The molecule has 1 N–H and O–H groups in total. The molecular formula is C28H35NO. The summed E-state index contributed by atoms with van der Waals surface area (Å²) in [7, 11) is 2.15. The van der Waals surface area contributed by atoms with Crippen molar-refractivity contribution in [3.8, 4) is 0 Å². The van der Waals surface area contributed by atoms with Crippen LogP contribution in [-0.2, 0) is 24.1 Å². The SMILES string of the molecule is Cc1cc(CN(C)Cc2ccc(C(C)(C)c3ccccc3)cc2)cc(C(C)(C)O)c1. The Bertz CT molecular complexity index is 966. The molecule has 0 unspecified atom stereocenters. The molecule has 0 amide bonds. The lowest BCUT2D eigenvalue weighted by molar-refractivity contribution is 0.0784. The first-order valence-corrected chi connectivity index (χ1v) is 10.7. The molecule has 158 valence electrons. The average Bonchev–Trinajstić information content (AvgIpc) is 2.68. The van der Waals surface area contributed by atoms with Gasteiger partial charge in [0.1, 0.15) is 0 Å². The molecule has 3 rings (SSSR count). The van der Waals surface area contributed by atoms with E-state index in [9.17, 15) is 5.11 Å². The summed E-state index contributed by atoms with van der Waals surface area (Å²) in [5.41, 5.74) is 6.52. The van der Waals surface area contributed by atoms with E-state index in [0.717, 1.165) is 18.7 Å². The van der Waals surface area contributed by atoms with Crippen LogP contribution in [0.4, 0.5) is 0 Å². The lowest BCUT2D eigenvalue weighted by Crippen LogP contribution is -2.20. The highest BCUT2D eigenvalue weighted by atomic mass is 16.3. The van der Waals surface area contributed by atoms with Gasteiger partial charge in [-0.3, -0.25) is 4.90 Å². The molecule has 0 spiro atoms. The minimum atomic E-state index is -0.819. The zero-order valence-corrected chi connectivity index (χ0v) is 19.2. The van der Waals surface area contributed by atoms with E-state index in [0.29, 0.717) is 0 Å². The Morgan fingerprint density at radius 2 is 1.27 bits per heavy atom. The van der Waals surface area contributed by atoms with Gasteiger partial charge in [0.25, 0.3) is 0 Å². The van der Waals surface area contributed by atoms with Crippen LogP contribution in [0.2, 0.25) is 0 Å². The standard InChI is InChI=1S/C28H35NO/c1-21-16-23(18-26(17-21)28(4,5)30)20-29(6)19-22-12-14-25(15-13-22)27(2,3)24-10-8-7-9-11-24/h7-18,30H,19-20H2,1-6H3. The number of hydrogen-bond acceptors (Lipinski definition) is 2. The quantitative estimate of drug-likeness (QED) is 0.511. The number of benzene rings is 3. The second kappa shape index (κ2) is 8.75. The molecule has 0 fully saturated rings. The summed E-state index contributed by atoms with van der Waals surface area (Å²) in [6.07, 6.45) is 0. The van der Waals surface area contributed by atoms with Crippen LogP contribution < -0.4 is 0 Å². The topological polar surface area (TPSA) is 23.5 Å². The van der Waals surface area contributed by atoms with E-state index in [1.165, 1.54) is 27.8 Å². The molecule has 0 aliphatic heterocycles. The fourth-order valence-electron chi connectivity index (χ4n) is 4.03. The van der Waals surface area contributed by atoms with Gasteiger partial charge in [-0.05, 0) is 55.6 Å². The van der Waals surface area contributed by atoms with Gasteiger partial charge in [-0.15, -0.1) is 0 Å². The highest BCUT2D eigenvalue weighted by Crippen LogP contribution is 2.31. The molecule has 0 aromatic heterocycles. The van der Waals surface area contributed by atoms with E-state index in [2.05, 4.69) is 106 Å². The fraction of sp³-hybridized carbons (Fsp3) is 0.357. The number of nitrogens with zero attached hydrogens (tertiary/aromatic N) is 1. The van der Waals surface area contributed by atoms with Gasteiger partial charge in [0, 0.05) is 18.5 Å². The molecule has 0 saturated carbocycles. The maximum absolute atomic E-state index is 10.4. The first-order chi connectivity index (χ1) is 14.1. The second-order valence-electron chi connectivity index (χ2n) is 9.63. The Labute approximate surface area is 182 Å². The number of rotatable bonds is 7. The van der Waals surface area contributed by atoms with Gasteiger partial charge in [-0.25, -0.2) is 0 Å². The normalized spacial score (nSPS) is 12.4. The van der Waals surface area contributed by atoms with Crippen LogP contribution in [0, 0.1) is 6.92 Å². The summed E-state index contributed by atoms with van der Waals surface area (Å²) >= 11 is 0. The molecule has 0 saturated heterocycles. The molecule has 2 heteroatoms. The molecule has 0 aliphatic rings. The Morgan fingerprint density at radius 3 is 1.87 bits per heavy atom. The molecule has 0 atom stereocenters. The predicted octanol–water partition coefficient (Wildman–Crippen LogP) is 6.18. The zero-order valence-electron chi connectivity index (χ0n) is 19.2. The fourth-order valence-corrected chi connectivity index (χ4v) is 4.03. The first-order valence-electron chi connectivity index (χ1n) is 10.7. The zero-order chi connectivity index (χ0) is 21.9. The Morgan fingerprint density at radius 1 is 0.700 bits per heavy atom. The van der Waals surface area contributed by atoms with Crippen LogP contribution in [0.3, 0.4) is 0 Å². The molecule has 3 aromatic rings. The lowest BCUT2D eigenvalue weighted by Gasteiger charge is -2.26. The van der Waals surface area contributed by atoms with Crippen molar-refractivity contribution in [3.63, 3.8) is 0 Å². The van der Waals surface area contributed by atoms with E-state index in [4.69, 9.17) is 0 Å². The van der Waals surface area contributed by atoms with E-state index in [-0.39, 0.29) is 5.41 Å². The minimum Gasteiger partial charge on any atom is -0.386 e. The van der Waals surface area contributed by atoms with Crippen LogP contribution in [0.15, 0.2) is 72.8 Å². The number of aliphatic hydroxyl groups is 1. The van der Waals surface area contributed by atoms with E-state index < -0.39 is 5.60 Å². The summed E-state index contributed by atoms with van der Waals surface area (Å²) in [5.74, 6) is 0. The molecule has 0 bridgehead atoms. The molecule has 0 heterocycles. The molecule has 0 radical (unpaired) electrons. The second-order valence-corrected chi connectivity index (χ2v) is 9.63. The van der Waals surface area contributed by atoms with Gasteiger partial charge in [0.15, 0.2) is 0 Å². The maximum Gasteiger partial charge on any atom is 0.0840 e. The van der Waals surface area contributed by atoms with Crippen molar-refractivity contribution in [1.82, 2.24) is 4.90 Å². The lowest BCUT2D eigenvalue weighted by atomic mass is 9.78. The minimum absolute atomic E-state index is 0.0131. The third-order valence-corrected chi connectivity index (χ3v) is 5.92. The van der Waals surface area contributed by atoms with Crippen LogP contribution in [0.5, 0.6) is 0 Å². The number of hydrogen-bond donors (Lipinski definition) is 1. The Balaban J connectivity index is 1.70. The van der Waals surface area contributed by atoms with Crippen molar-refractivity contribution < 1.29 is 5.11 Å². The summed E-state index contributed by atoms with van der Waals surface area (Å²) in [6.45, 7) is 12.1. The molecular weight excluding hydrogens is 366 g/mol. The van der Waals surface area contributed by atoms with Crippen LogP contribution in [0.25, 0.3) is 0 Å². The Hall–Kier alpha value is -2.42. The summed E-state index contributed by atoms with van der Waals surface area (Å²) in [6, 6.07) is 26.1. The van der Waals surface area contributed by atoms with Gasteiger partial charge in [0.2, 0.25) is 0 Å². The number of aryl methyl sites for hydroxylation is 1. The van der Waals surface area contributed by atoms with Crippen LogP contribution in [0.1, 0.15) is 61.1 Å². The van der Waals surface area contributed by atoms with E-state index >= 15 is 0 Å². The van der Waals surface area contributed by atoms with Crippen molar-refractivity contribution in [2.24, 2.45) is 0 Å². The first kappa shape index (κ1) is 22.3.